The molecule has 0 aliphatic heterocycles. The minimum Gasteiger partial charge on any atom is -0.457 e. The average Bonchev–Trinajstić information content (AvgIpc) is 3.22. The summed E-state index contributed by atoms with van der Waals surface area (Å²) in [5, 5.41) is 2.83. The van der Waals surface area contributed by atoms with Gasteiger partial charge < -0.3 is 14.5 Å². The molecular formula is C21H19NO4. The van der Waals surface area contributed by atoms with Crippen LogP contribution < -0.4 is 5.32 Å². The van der Waals surface area contributed by atoms with Crippen LogP contribution in [0, 0.1) is 0 Å². The quantitative estimate of drug-likeness (QED) is 0.663. The van der Waals surface area contributed by atoms with Crippen LogP contribution in [0.15, 0.2) is 83.5 Å². The molecule has 5 nitrogen and oxygen atoms in total. The van der Waals surface area contributed by atoms with Gasteiger partial charge in [-0.15, -0.1) is 0 Å². The predicted octanol–water partition coefficient (Wildman–Crippen LogP) is 3.54. The van der Waals surface area contributed by atoms with E-state index in [1.807, 2.05) is 36.4 Å². The SMILES string of the molecule is O=C(OC(C(=O)NCCc1ccccc1)c1ccccc1)c1ccco1. The molecule has 0 aliphatic rings. The molecule has 0 saturated carbocycles. The Kier molecular flexibility index (Phi) is 5.83. The van der Waals surface area contributed by atoms with Crippen LogP contribution in [-0.4, -0.2) is 18.4 Å². The maximum Gasteiger partial charge on any atom is 0.375 e. The van der Waals surface area contributed by atoms with Crippen LogP contribution in [0.25, 0.3) is 0 Å². The van der Waals surface area contributed by atoms with Gasteiger partial charge in [-0.05, 0) is 24.1 Å². The third-order valence-electron chi connectivity index (χ3n) is 3.84. The van der Waals surface area contributed by atoms with E-state index < -0.39 is 12.1 Å². The van der Waals surface area contributed by atoms with Crippen molar-refractivity contribution >= 4 is 11.9 Å². The van der Waals surface area contributed by atoms with Crippen LogP contribution in [0.3, 0.4) is 0 Å². The van der Waals surface area contributed by atoms with Crippen LogP contribution in [0.2, 0.25) is 0 Å². The van der Waals surface area contributed by atoms with Crippen molar-refractivity contribution in [3.63, 3.8) is 0 Å². The highest BCUT2D eigenvalue weighted by atomic mass is 16.6. The lowest BCUT2D eigenvalue weighted by Gasteiger charge is -2.17. The van der Waals surface area contributed by atoms with Gasteiger partial charge in [-0.3, -0.25) is 4.79 Å². The summed E-state index contributed by atoms with van der Waals surface area (Å²) in [6.45, 7) is 0.449. The standard InChI is InChI=1S/C21H19NO4/c23-20(22-14-13-16-8-3-1-4-9-16)19(17-10-5-2-6-11-17)26-21(24)18-12-7-15-25-18/h1-12,15,19H,13-14H2,(H,22,23). The Bertz CT molecular complexity index is 829. The third-order valence-corrected chi connectivity index (χ3v) is 3.84. The lowest BCUT2D eigenvalue weighted by Crippen LogP contribution is -2.33. The van der Waals surface area contributed by atoms with E-state index >= 15 is 0 Å². The van der Waals surface area contributed by atoms with Gasteiger partial charge in [0.15, 0.2) is 0 Å². The van der Waals surface area contributed by atoms with Crippen molar-refractivity contribution in [1.29, 1.82) is 0 Å². The summed E-state index contributed by atoms with van der Waals surface area (Å²) in [6, 6.07) is 21.9. The molecule has 3 rings (SSSR count). The maximum atomic E-state index is 12.6. The van der Waals surface area contributed by atoms with Gasteiger partial charge in [0.25, 0.3) is 5.91 Å². The molecule has 1 unspecified atom stereocenters. The molecule has 5 heteroatoms. The van der Waals surface area contributed by atoms with Gasteiger partial charge in [-0.2, -0.15) is 0 Å². The molecule has 1 heterocycles. The largest absolute Gasteiger partial charge is 0.457 e. The zero-order valence-electron chi connectivity index (χ0n) is 14.1. The Morgan fingerprint density at radius 3 is 2.27 bits per heavy atom. The molecule has 0 fully saturated rings. The van der Waals surface area contributed by atoms with Gasteiger partial charge in [0.05, 0.1) is 6.26 Å². The normalized spacial score (nSPS) is 11.5. The van der Waals surface area contributed by atoms with Crippen LogP contribution in [0.1, 0.15) is 27.8 Å². The molecule has 1 N–H and O–H groups in total. The molecule has 0 spiro atoms. The molecule has 0 bridgehead atoms. The predicted molar refractivity (Wildman–Crippen MR) is 96.5 cm³/mol. The first-order chi connectivity index (χ1) is 12.7. The van der Waals surface area contributed by atoms with Crippen LogP contribution >= 0.6 is 0 Å². The Hall–Kier alpha value is -3.34. The van der Waals surface area contributed by atoms with Crippen molar-refractivity contribution in [3.05, 3.63) is 95.9 Å². The van der Waals surface area contributed by atoms with Crippen molar-refractivity contribution in [2.75, 3.05) is 6.54 Å². The monoisotopic (exact) mass is 349 g/mol. The Balaban J connectivity index is 1.66. The number of ether oxygens (including phenoxy) is 1. The van der Waals surface area contributed by atoms with E-state index in [0.29, 0.717) is 18.5 Å². The summed E-state index contributed by atoms with van der Waals surface area (Å²) in [5.74, 6) is -0.989. The average molecular weight is 349 g/mol. The topological polar surface area (TPSA) is 68.5 Å². The molecular weight excluding hydrogens is 330 g/mol. The number of benzene rings is 2. The number of hydrogen-bond donors (Lipinski definition) is 1. The smallest absolute Gasteiger partial charge is 0.375 e. The maximum absolute atomic E-state index is 12.6. The van der Waals surface area contributed by atoms with E-state index in [-0.39, 0.29) is 11.7 Å². The lowest BCUT2D eigenvalue weighted by molar-refractivity contribution is -0.130. The first kappa shape index (κ1) is 17.5. The molecule has 1 amide bonds. The zero-order valence-corrected chi connectivity index (χ0v) is 14.1. The van der Waals surface area contributed by atoms with Gasteiger partial charge in [-0.1, -0.05) is 60.7 Å². The number of carbonyl (C=O) groups excluding carboxylic acids is 2. The number of esters is 1. The summed E-state index contributed by atoms with van der Waals surface area (Å²) in [4.78, 5) is 24.8. The molecule has 0 saturated heterocycles. The molecule has 26 heavy (non-hydrogen) atoms. The molecule has 0 aliphatic carbocycles. The van der Waals surface area contributed by atoms with Crippen LogP contribution in [0.5, 0.6) is 0 Å². The van der Waals surface area contributed by atoms with E-state index in [2.05, 4.69) is 5.32 Å². The van der Waals surface area contributed by atoms with E-state index in [1.165, 1.54) is 12.3 Å². The van der Waals surface area contributed by atoms with Gasteiger partial charge in [0, 0.05) is 12.1 Å². The Morgan fingerprint density at radius 1 is 0.923 bits per heavy atom. The van der Waals surface area contributed by atoms with Gasteiger partial charge in [0.1, 0.15) is 0 Å². The molecule has 2 aromatic carbocycles. The second-order valence-corrected chi connectivity index (χ2v) is 5.70. The van der Waals surface area contributed by atoms with Gasteiger partial charge in [-0.25, -0.2) is 4.79 Å². The van der Waals surface area contributed by atoms with E-state index in [0.717, 1.165) is 5.56 Å². The highest BCUT2D eigenvalue weighted by Gasteiger charge is 2.26. The Morgan fingerprint density at radius 2 is 1.62 bits per heavy atom. The molecule has 3 aromatic rings. The first-order valence-corrected chi connectivity index (χ1v) is 8.35. The van der Waals surface area contributed by atoms with Crippen LogP contribution in [-0.2, 0) is 16.0 Å². The molecule has 1 aromatic heterocycles. The second kappa shape index (κ2) is 8.67. The lowest BCUT2D eigenvalue weighted by atomic mass is 10.1. The molecule has 0 radical (unpaired) electrons. The minimum absolute atomic E-state index is 0.0583. The highest BCUT2D eigenvalue weighted by Crippen LogP contribution is 2.19. The number of carbonyl (C=O) groups is 2. The summed E-state index contributed by atoms with van der Waals surface area (Å²) in [6.07, 6.45) is 1.04. The van der Waals surface area contributed by atoms with Crippen molar-refractivity contribution in [3.8, 4) is 0 Å². The number of rotatable bonds is 7. The van der Waals surface area contributed by atoms with Crippen molar-refractivity contribution in [2.24, 2.45) is 0 Å². The fourth-order valence-corrected chi connectivity index (χ4v) is 2.53. The second-order valence-electron chi connectivity index (χ2n) is 5.70. The summed E-state index contributed by atoms with van der Waals surface area (Å²) in [7, 11) is 0. The van der Waals surface area contributed by atoms with Crippen molar-refractivity contribution in [1.82, 2.24) is 5.32 Å². The molecule has 1 atom stereocenters. The Labute approximate surface area is 151 Å². The number of amides is 1. The van der Waals surface area contributed by atoms with Crippen LogP contribution in [0.4, 0.5) is 0 Å². The summed E-state index contributed by atoms with van der Waals surface area (Å²) >= 11 is 0. The van der Waals surface area contributed by atoms with Crippen molar-refractivity contribution in [2.45, 2.75) is 12.5 Å². The first-order valence-electron chi connectivity index (χ1n) is 8.35. The highest BCUT2D eigenvalue weighted by molar-refractivity contribution is 5.90. The third kappa shape index (κ3) is 4.60. The molecule has 132 valence electrons. The minimum atomic E-state index is -1.04. The van der Waals surface area contributed by atoms with E-state index in [1.54, 1.807) is 30.3 Å². The van der Waals surface area contributed by atoms with Gasteiger partial charge in [0.2, 0.25) is 11.9 Å². The fourth-order valence-electron chi connectivity index (χ4n) is 2.53. The zero-order chi connectivity index (χ0) is 18.2. The number of nitrogens with one attached hydrogen (secondary N) is 1. The van der Waals surface area contributed by atoms with Crippen molar-refractivity contribution < 1.29 is 18.7 Å². The number of hydrogen-bond acceptors (Lipinski definition) is 4. The summed E-state index contributed by atoms with van der Waals surface area (Å²) in [5.41, 5.74) is 1.72. The summed E-state index contributed by atoms with van der Waals surface area (Å²) < 4.78 is 10.4. The van der Waals surface area contributed by atoms with Gasteiger partial charge >= 0.3 is 5.97 Å². The fraction of sp³-hybridized carbons (Fsp3) is 0.143. The van der Waals surface area contributed by atoms with E-state index in [9.17, 15) is 9.59 Å². The number of furan rings is 1. The van der Waals surface area contributed by atoms with E-state index in [4.69, 9.17) is 9.15 Å².